The van der Waals surface area contributed by atoms with Gasteiger partial charge in [-0.1, -0.05) is 141 Å². The van der Waals surface area contributed by atoms with E-state index in [1.165, 1.54) is 49.8 Å². The third kappa shape index (κ3) is 5.63. The molecule has 2 heterocycles. The van der Waals surface area contributed by atoms with Crippen molar-refractivity contribution in [3.63, 3.8) is 0 Å². The monoisotopic (exact) mass is 689 g/mol. The van der Waals surface area contributed by atoms with E-state index in [-0.39, 0.29) is 17.3 Å². The Morgan fingerprint density at radius 3 is 2.43 bits per heavy atom. The van der Waals surface area contributed by atoms with Crippen LogP contribution in [0.1, 0.15) is 74.9 Å². The van der Waals surface area contributed by atoms with Crippen LogP contribution < -0.4 is 0 Å². The summed E-state index contributed by atoms with van der Waals surface area (Å²) in [6.07, 6.45) is 41.0. The normalized spacial score (nSPS) is 27.4. The summed E-state index contributed by atoms with van der Waals surface area (Å²) >= 11 is 0. The smallest absolute Gasteiger partial charge is 0.159 e. The van der Waals surface area contributed by atoms with Crippen LogP contribution in [0.5, 0.6) is 0 Å². The van der Waals surface area contributed by atoms with Crippen LogP contribution in [0.4, 0.5) is 0 Å². The van der Waals surface area contributed by atoms with Crippen molar-refractivity contribution in [2.24, 2.45) is 17.8 Å². The molecule has 0 fully saturated rings. The number of fused-ring (bicyclic) bond motifs is 4. The summed E-state index contributed by atoms with van der Waals surface area (Å²) in [6.45, 7) is 4.70. The van der Waals surface area contributed by atoms with Crippen molar-refractivity contribution in [1.29, 1.82) is 0 Å². The zero-order valence-electron chi connectivity index (χ0n) is 30.4. The van der Waals surface area contributed by atoms with E-state index in [4.69, 9.17) is 19.4 Å². The molecule has 0 saturated carbocycles. The first-order valence-electron chi connectivity index (χ1n) is 19.3. The molecule has 4 nitrogen and oxygen atoms in total. The number of hydrogen-bond donors (Lipinski definition) is 0. The summed E-state index contributed by atoms with van der Waals surface area (Å²) in [4.78, 5) is 15.7. The summed E-state index contributed by atoms with van der Waals surface area (Å²) in [5.41, 5.74) is 11.0. The number of allylic oxidation sites excluding steroid dienone is 22. The molecule has 0 radical (unpaired) electrons. The molecular weight excluding hydrogens is 647 g/mol. The van der Waals surface area contributed by atoms with Crippen LogP contribution in [0.3, 0.4) is 0 Å². The van der Waals surface area contributed by atoms with Crippen molar-refractivity contribution >= 4 is 33.1 Å². The van der Waals surface area contributed by atoms with Gasteiger partial charge in [0.2, 0.25) is 0 Å². The molecule has 4 heteroatoms. The van der Waals surface area contributed by atoms with Gasteiger partial charge in [-0.05, 0) is 83.6 Å². The Hall–Kier alpha value is -5.61. The highest BCUT2D eigenvalue weighted by atomic mass is 16.3. The largest absolute Gasteiger partial charge is 0.456 e. The van der Waals surface area contributed by atoms with Gasteiger partial charge in [0.05, 0.1) is 0 Å². The van der Waals surface area contributed by atoms with E-state index < -0.39 is 0 Å². The SMILES string of the molecule is CC1CC2=C(C=C1c1nc(C3=CC=C(C4=CC=CC5C=CC=CC45)CC3)nc(C3C=CC=CC3)n1)CC(C)(c1cccc3oc4ccccc4c13)C=C2. The van der Waals surface area contributed by atoms with Gasteiger partial charge >= 0.3 is 0 Å². The van der Waals surface area contributed by atoms with E-state index in [1.54, 1.807) is 0 Å². The van der Waals surface area contributed by atoms with Crippen molar-refractivity contribution in [1.82, 2.24) is 15.0 Å². The Bertz CT molecular complexity index is 2540. The minimum Gasteiger partial charge on any atom is -0.456 e. The van der Waals surface area contributed by atoms with Crippen LogP contribution in [0, 0.1) is 17.8 Å². The topological polar surface area (TPSA) is 51.8 Å². The zero-order valence-corrected chi connectivity index (χ0v) is 30.4. The second kappa shape index (κ2) is 12.8. The molecule has 53 heavy (non-hydrogen) atoms. The predicted molar refractivity (Wildman–Crippen MR) is 217 cm³/mol. The standard InChI is InChI=1S/C49H43N3O/c1-31-28-36-26-27-49(2,42-19-11-21-44-45(42)40-17-8-9-20-43(40)53-44)30-37(36)29-41(31)48-51-46(34-13-4-3-5-14-34)50-47(52-48)35-24-22-33(23-25-35)39-18-10-15-32-12-6-7-16-38(32)39/h3-13,15-22,24,26-27,29,31-32,34,38H,14,23,25,28,30H2,1-2H3. The van der Waals surface area contributed by atoms with E-state index >= 15 is 0 Å². The molecule has 0 aliphatic heterocycles. The molecule has 0 amide bonds. The van der Waals surface area contributed by atoms with Gasteiger partial charge < -0.3 is 4.42 Å². The fourth-order valence-electron chi connectivity index (χ4n) is 9.30. The van der Waals surface area contributed by atoms with Gasteiger partial charge in [0.25, 0.3) is 0 Å². The maximum atomic E-state index is 6.31. The molecule has 260 valence electrons. The zero-order chi connectivity index (χ0) is 35.5. The Labute approximate surface area is 311 Å². The predicted octanol–water partition coefficient (Wildman–Crippen LogP) is 12.0. The maximum absolute atomic E-state index is 6.31. The third-order valence-electron chi connectivity index (χ3n) is 12.2. The Kier molecular flexibility index (Phi) is 7.75. The summed E-state index contributed by atoms with van der Waals surface area (Å²) in [5, 5.41) is 2.39. The van der Waals surface area contributed by atoms with E-state index in [0.717, 1.165) is 60.7 Å². The lowest BCUT2D eigenvalue weighted by Crippen LogP contribution is -2.25. The highest BCUT2D eigenvalue weighted by Crippen LogP contribution is 2.47. The molecular formula is C49H43N3O. The van der Waals surface area contributed by atoms with Gasteiger partial charge in [-0.15, -0.1) is 0 Å². The molecule has 6 aliphatic carbocycles. The van der Waals surface area contributed by atoms with Gasteiger partial charge in [-0.3, -0.25) is 0 Å². The number of aromatic nitrogens is 3. The van der Waals surface area contributed by atoms with E-state index in [2.05, 4.69) is 147 Å². The van der Waals surface area contributed by atoms with Gasteiger partial charge in [-0.2, -0.15) is 0 Å². The Balaban J connectivity index is 1.02. The Morgan fingerprint density at radius 2 is 1.55 bits per heavy atom. The third-order valence-corrected chi connectivity index (χ3v) is 12.2. The van der Waals surface area contributed by atoms with E-state index in [1.807, 2.05) is 6.07 Å². The van der Waals surface area contributed by atoms with Crippen LogP contribution in [-0.4, -0.2) is 15.0 Å². The average Bonchev–Trinajstić information content (AvgIpc) is 3.60. The first-order chi connectivity index (χ1) is 26.0. The molecule has 0 spiro atoms. The van der Waals surface area contributed by atoms with Gasteiger partial charge in [-0.25, -0.2) is 15.0 Å². The van der Waals surface area contributed by atoms with Crippen LogP contribution in [-0.2, 0) is 5.41 Å². The summed E-state index contributed by atoms with van der Waals surface area (Å²) in [5.74, 6) is 3.79. The lowest BCUT2D eigenvalue weighted by atomic mass is 9.69. The molecule has 2 aromatic heterocycles. The first-order valence-corrected chi connectivity index (χ1v) is 19.3. The lowest BCUT2D eigenvalue weighted by molar-refractivity contribution is 0.574. The highest BCUT2D eigenvalue weighted by molar-refractivity contribution is 6.07. The summed E-state index contributed by atoms with van der Waals surface area (Å²) in [6, 6.07) is 14.9. The first kappa shape index (κ1) is 32.1. The molecule has 0 N–H and O–H groups in total. The van der Waals surface area contributed by atoms with Crippen molar-refractivity contribution in [2.75, 3.05) is 0 Å². The maximum Gasteiger partial charge on any atom is 0.159 e. The molecule has 0 saturated heterocycles. The number of benzene rings is 2. The lowest BCUT2D eigenvalue weighted by Gasteiger charge is -2.35. The summed E-state index contributed by atoms with van der Waals surface area (Å²) in [7, 11) is 0. The van der Waals surface area contributed by atoms with Crippen molar-refractivity contribution in [3.8, 4) is 0 Å². The number of furan rings is 1. The average molecular weight is 690 g/mol. The van der Waals surface area contributed by atoms with Crippen molar-refractivity contribution in [2.45, 2.75) is 57.3 Å². The molecule has 5 atom stereocenters. The van der Waals surface area contributed by atoms with Crippen LogP contribution >= 0.6 is 0 Å². The second-order valence-electron chi connectivity index (χ2n) is 15.7. The fourth-order valence-corrected chi connectivity index (χ4v) is 9.30. The van der Waals surface area contributed by atoms with Crippen LogP contribution in [0.2, 0.25) is 0 Å². The Morgan fingerprint density at radius 1 is 0.736 bits per heavy atom. The van der Waals surface area contributed by atoms with E-state index in [0.29, 0.717) is 11.8 Å². The van der Waals surface area contributed by atoms with Crippen molar-refractivity contribution < 1.29 is 4.42 Å². The molecule has 2 aromatic carbocycles. The fraction of sp³-hybridized carbons (Fsp3) is 0.245. The quantitative estimate of drug-likeness (QED) is 0.209. The van der Waals surface area contributed by atoms with Gasteiger partial charge in [0.15, 0.2) is 11.6 Å². The number of rotatable bonds is 5. The molecule has 0 bridgehead atoms. The minimum absolute atomic E-state index is 0.138. The second-order valence-corrected chi connectivity index (χ2v) is 15.7. The number of para-hydroxylation sites is 1. The van der Waals surface area contributed by atoms with Gasteiger partial charge in [0.1, 0.15) is 17.0 Å². The van der Waals surface area contributed by atoms with E-state index in [9.17, 15) is 0 Å². The highest BCUT2D eigenvalue weighted by Gasteiger charge is 2.35. The molecule has 6 aliphatic rings. The summed E-state index contributed by atoms with van der Waals surface area (Å²) < 4.78 is 6.31. The molecule has 4 aromatic rings. The number of hydrogen-bond acceptors (Lipinski definition) is 4. The molecule has 10 rings (SSSR count). The molecule has 5 unspecified atom stereocenters. The van der Waals surface area contributed by atoms with Crippen LogP contribution in [0.15, 0.2) is 166 Å². The van der Waals surface area contributed by atoms with Crippen LogP contribution in [0.25, 0.3) is 33.1 Å². The number of nitrogens with zero attached hydrogens (tertiary/aromatic N) is 3. The van der Waals surface area contributed by atoms with Crippen molar-refractivity contribution in [3.05, 3.63) is 185 Å². The minimum atomic E-state index is -0.188. The van der Waals surface area contributed by atoms with Gasteiger partial charge in [0, 0.05) is 39.5 Å².